The number of aromatic amines is 1. The van der Waals surface area contributed by atoms with E-state index in [0.29, 0.717) is 30.9 Å². The molecule has 7 aliphatic rings. The van der Waals surface area contributed by atoms with E-state index in [0.717, 1.165) is 38.5 Å². The molecule has 9 heteroatoms. The fraction of sp³-hybridized carbons (Fsp3) is 0.783. The van der Waals surface area contributed by atoms with Gasteiger partial charge in [0.05, 0.1) is 18.8 Å². The van der Waals surface area contributed by atoms with Crippen molar-refractivity contribution in [3.8, 4) is 5.88 Å². The highest BCUT2D eigenvalue weighted by molar-refractivity contribution is 5.78. The Balaban J connectivity index is 1.15. The number of aromatic nitrogens is 2. The average molecular weight is 447 g/mol. The van der Waals surface area contributed by atoms with Gasteiger partial charge in [0, 0.05) is 12.1 Å². The van der Waals surface area contributed by atoms with Crippen molar-refractivity contribution >= 4 is 11.7 Å². The number of anilines is 1. The summed E-state index contributed by atoms with van der Waals surface area (Å²) in [6, 6.07) is 0.00790. The molecule has 8 rings (SSSR count). The summed E-state index contributed by atoms with van der Waals surface area (Å²) < 4.78 is 26.5. The van der Waals surface area contributed by atoms with Gasteiger partial charge >= 0.3 is 5.69 Å². The van der Waals surface area contributed by atoms with E-state index >= 15 is 4.39 Å². The zero-order valence-corrected chi connectivity index (χ0v) is 18.3. The number of nitrogens with zero attached hydrogens (tertiary/aromatic N) is 2. The van der Waals surface area contributed by atoms with E-state index in [1.54, 1.807) is 0 Å². The molecule has 32 heavy (non-hydrogen) atoms. The third-order valence-electron chi connectivity index (χ3n) is 8.32. The maximum Gasteiger partial charge on any atom is 0.349 e. The number of ether oxygens (including phenoxy) is 2. The topological polar surface area (TPSA) is 96.5 Å². The third kappa shape index (κ3) is 3.68. The van der Waals surface area contributed by atoms with Crippen molar-refractivity contribution in [2.75, 3.05) is 24.7 Å². The summed E-state index contributed by atoms with van der Waals surface area (Å²) in [5.41, 5.74) is -0.815. The van der Waals surface area contributed by atoms with Crippen molar-refractivity contribution in [1.82, 2.24) is 15.3 Å². The van der Waals surface area contributed by atoms with Crippen LogP contribution in [0.3, 0.4) is 0 Å². The Bertz CT molecular complexity index is 927. The summed E-state index contributed by atoms with van der Waals surface area (Å²) in [6.45, 7) is 0.690. The summed E-state index contributed by atoms with van der Waals surface area (Å²) in [4.78, 5) is 33.0. The normalized spacial score (nSPS) is 37.4. The van der Waals surface area contributed by atoms with Crippen LogP contribution < -0.4 is 20.6 Å². The van der Waals surface area contributed by atoms with Crippen LogP contribution in [0.4, 0.5) is 10.2 Å². The first-order valence-electron chi connectivity index (χ1n) is 12.1. The largest absolute Gasteiger partial charge is 0.465 e. The maximum atomic E-state index is 15.3. The molecule has 2 unspecified atom stereocenters. The van der Waals surface area contributed by atoms with Gasteiger partial charge in [0.15, 0.2) is 12.4 Å². The van der Waals surface area contributed by atoms with E-state index in [4.69, 9.17) is 9.47 Å². The number of carbonyl (C=O) groups excluding carboxylic acids is 1. The number of amides is 1. The Morgan fingerprint density at radius 3 is 2.66 bits per heavy atom. The lowest BCUT2D eigenvalue weighted by atomic mass is 9.53. The molecular formula is C23H31FN4O4. The number of halogens is 1. The second-order valence-corrected chi connectivity index (χ2v) is 10.7. The van der Waals surface area contributed by atoms with Gasteiger partial charge in [-0.25, -0.2) is 4.79 Å². The van der Waals surface area contributed by atoms with Gasteiger partial charge in [0.1, 0.15) is 0 Å². The minimum Gasteiger partial charge on any atom is -0.465 e. The van der Waals surface area contributed by atoms with Gasteiger partial charge in [0.25, 0.3) is 11.8 Å². The summed E-state index contributed by atoms with van der Waals surface area (Å²) in [5, 5.41) is 3.21. The number of hydrogen-bond acceptors (Lipinski definition) is 6. The molecule has 2 N–H and O–H groups in total. The molecular weight excluding hydrogens is 415 g/mol. The van der Waals surface area contributed by atoms with Gasteiger partial charge in [-0.05, 0) is 75.5 Å². The zero-order valence-electron chi connectivity index (χ0n) is 18.3. The fourth-order valence-electron chi connectivity index (χ4n) is 7.48. The maximum absolute atomic E-state index is 15.3. The molecule has 0 radical (unpaired) electrons. The van der Waals surface area contributed by atoms with Crippen molar-refractivity contribution in [1.29, 1.82) is 0 Å². The molecule has 0 spiro atoms. The van der Waals surface area contributed by atoms with Crippen LogP contribution in [-0.2, 0) is 9.53 Å². The SMILES string of the molecule is O=C(COc1nc(=O)[nH]c(N2CC3CCCC2CO3)c1F)NC12CC3CC(CC(C3)C1)C2. The Hall–Kier alpha value is -2.16. The fourth-order valence-corrected chi connectivity index (χ4v) is 7.48. The lowest BCUT2D eigenvalue weighted by Crippen LogP contribution is -2.60. The Kier molecular flexibility index (Phi) is 4.93. The predicted molar refractivity (Wildman–Crippen MR) is 114 cm³/mol. The molecule has 0 aromatic carbocycles. The van der Waals surface area contributed by atoms with E-state index in [9.17, 15) is 9.59 Å². The van der Waals surface area contributed by atoms with E-state index in [2.05, 4.69) is 15.3 Å². The average Bonchev–Trinajstić information content (AvgIpc) is 3.08. The van der Waals surface area contributed by atoms with Crippen molar-refractivity contribution in [2.24, 2.45) is 17.8 Å². The van der Waals surface area contributed by atoms with E-state index in [1.807, 2.05) is 4.90 Å². The quantitative estimate of drug-likeness (QED) is 0.719. The first-order chi connectivity index (χ1) is 15.5. The van der Waals surface area contributed by atoms with Gasteiger partial charge in [-0.15, -0.1) is 0 Å². The standard InChI is InChI=1S/C23H31FN4O4/c24-19-20(28-10-17-3-1-2-16(28)11-31-17)25-22(30)26-21(19)32-12-18(29)27-23-7-13-4-14(8-23)6-15(5-13)9-23/h13-17H,1-12H2,(H,27,29)(H,25,26,30). The molecule has 8 nitrogen and oxygen atoms in total. The minimum absolute atomic E-state index is 0.00790. The van der Waals surface area contributed by atoms with Crippen molar-refractivity contribution < 1.29 is 18.7 Å². The zero-order chi connectivity index (χ0) is 21.9. The van der Waals surface area contributed by atoms with Crippen LogP contribution >= 0.6 is 0 Å². The highest BCUT2D eigenvalue weighted by Gasteiger charge is 2.51. The molecule has 174 valence electrons. The van der Waals surface area contributed by atoms with Gasteiger partial charge in [-0.3, -0.25) is 9.78 Å². The Labute approximate surface area is 186 Å². The van der Waals surface area contributed by atoms with Crippen LogP contribution in [0.2, 0.25) is 0 Å². The van der Waals surface area contributed by atoms with E-state index in [-0.39, 0.29) is 36.0 Å². The van der Waals surface area contributed by atoms with Crippen LogP contribution in [0.1, 0.15) is 57.8 Å². The molecule has 4 heterocycles. The van der Waals surface area contributed by atoms with Gasteiger partial charge in [0.2, 0.25) is 5.82 Å². The van der Waals surface area contributed by atoms with Crippen molar-refractivity contribution in [3.05, 3.63) is 16.3 Å². The summed E-state index contributed by atoms with van der Waals surface area (Å²) in [6.07, 6.45) is 9.82. The number of H-pyrrole nitrogens is 1. The van der Waals surface area contributed by atoms with Gasteiger partial charge in [-0.1, -0.05) is 0 Å². The number of rotatable bonds is 5. The third-order valence-corrected chi connectivity index (χ3v) is 8.32. The molecule has 1 aromatic heterocycles. The highest BCUT2D eigenvalue weighted by atomic mass is 19.1. The summed E-state index contributed by atoms with van der Waals surface area (Å²) in [7, 11) is 0. The number of nitrogens with one attached hydrogen (secondary N) is 2. The molecule has 4 aliphatic carbocycles. The number of carbonyl (C=O) groups is 1. The highest BCUT2D eigenvalue weighted by Crippen LogP contribution is 2.55. The lowest BCUT2D eigenvalue weighted by Gasteiger charge is -2.56. The van der Waals surface area contributed by atoms with Crippen molar-refractivity contribution in [3.63, 3.8) is 0 Å². The minimum atomic E-state index is -0.722. The van der Waals surface area contributed by atoms with Crippen LogP contribution in [0.5, 0.6) is 5.88 Å². The van der Waals surface area contributed by atoms with E-state index in [1.165, 1.54) is 19.3 Å². The van der Waals surface area contributed by atoms with Crippen LogP contribution in [-0.4, -0.2) is 53.3 Å². The van der Waals surface area contributed by atoms with E-state index < -0.39 is 17.4 Å². The summed E-state index contributed by atoms with van der Waals surface area (Å²) in [5.74, 6) is 0.823. The molecule has 7 fully saturated rings. The molecule has 3 saturated heterocycles. The second kappa shape index (κ2) is 7.71. The molecule has 3 aliphatic heterocycles. The first kappa shape index (κ1) is 20.4. The van der Waals surface area contributed by atoms with Gasteiger partial charge in [-0.2, -0.15) is 9.37 Å². The lowest BCUT2D eigenvalue weighted by molar-refractivity contribution is -0.129. The number of fused-ring (bicyclic) bond motifs is 4. The number of morpholine rings is 1. The molecule has 6 bridgehead atoms. The molecule has 1 aromatic rings. The number of hydrogen-bond donors (Lipinski definition) is 2. The second-order valence-electron chi connectivity index (χ2n) is 10.7. The summed E-state index contributed by atoms with van der Waals surface area (Å²) >= 11 is 0. The molecule has 2 atom stereocenters. The first-order valence-corrected chi connectivity index (χ1v) is 12.1. The van der Waals surface area contributed by atoms with Crippen LogP contribution in [0.15, 0.2) is 4.79 Å². The smallest absolute Gasteiger partial charge is 0.349 e. The van der Waals surface area contributed by atoms with Gasteiger partial charge < -0.3 is 19.7 Å². The Morgan fingerprint density at radius 2 is 1.94 bits per heavy atom. The van der Waals surface area contributed by atoms with Crippen LogP contribution in [0.25, 0.3) is 0 Å². The van der Waals surface area contributed by atoms with Crippen molar-refractivity contribution in [2.45, 2.75) is 75.5 Å². The van der Waals surface area contributed by atoms with Crippen LogP contribution in [0, 0.1) is 23.6 Å². The molecule has 4 saturated carbocycles. The molecule has 1 amide bonds. The monoisotopic (exact) mass is 446 g/mol. The predicted octanol–water partition coefficient (Wildman–Crippen LogP) is 2.13. The Morgan fingerprint density at radius 1 is 1.22 bits per heavy atom.